The van der Waals surface area contributed by atoms with Gasteiger partial charge in [-0.15, -0.1) is 10.2 Å². The van der Waals surface area contributed by atoms with Crippen LogP contribution < -0.4 is 0 Å². The molecule has 0 unspecified atom stereocenters. The van der Waals surface area contributed by atoms with Gasteiger partial charge < -0.3 is 9.32 Å². The van der Waals surface area contributed by atoms with Crippen LogP contribution in [0.4, 0.5) is 8.78 Å². The maximum absolute atomic E-state index is 13.9. The van der Waals surface area contributed by atoms with E-state index in [1.165, 1.54) is 0 Å². The molecule has 1 aliphatic heterocycles. The third-order valence-electron chi connectivity index (χ3n) is 4.30. The summed E-state index contributed by atoms with van der Waals surface area (Å²) in [6, 6.07) is 1.03. The molecule has 1 aliphatic rings. The van der Waals surface area contributed by atoms with E-state index in [9.17, 15) is 13.6 Å². The first-order valence-electron chi connectivity index (χ1n) is 8.29. The second kappa shape index (κ2) is 6.53. The van der Waals surface area contributed by atoms with Gasteiger partial charge in [0.2, 0.25) is 17.7 Å². The summed E-state index contributed by atoms with van der Waals surface area (Å²) < 4.78 is 34.9. The summed E-state index contributed by atoms with van der Waals surface area (Å²) in [5, 5.41) is 11.9. The molecule has 0 saturated carbocycles. The van der Waals surface area contributed by atoms with Crippen molar-refractivity contribution in [3.8, 4) is 0 Å². The Balaban J connectivity index is 1.73. The van der Waals surface area contributed by atoms with E-state index >= 15 is 0 Å². The van der Waals surface area contributed by atoms with Crippen LogP contribution in [0.2, 0.25) is 0 Å². The largest absolute Gasteiger partial charge is 0.423 e. The van der Waals surface area contributed by atoms with Crippen LogP contribution >= 0.6 is 0 Å². The molecule has 0 N–H and O–H groups in total. The highest BCUT2D eigenvalue weighted by atomic mass is 19.3. The standard InChI is InChI=1S/C16H21F2N5O2/c1-4-13-19-20-15(25-13)12-8-16(17,18)9-22(12)14(24)5-6-23-11(3)7-10(2)21-23/h7,12H,4-6,8-9H2,1-3H3/t12-/m0/s1. The van der Waals surface area contributed by atoms with Crippen LogP contribution in [0.5, 0.6) is 0 Å². The van der Waals surface area contributed by atoms with Crippen LogP contribution in [0.15, 0.2) is 10.5 Å². The number of amides is 1. The van der Waals surface area contributed by atoms with Crippen molar-refractivity contribution in [3.05, 3.63) is 29.2 Å². The molecule has 2 aromatic rings. The maximum atomic E-state index is 13.9. The molecule has 7 nitrogen and oxygen atoms in total. The predicted molar refractivity (Wildman–Crippen MR) is 84.0 cm³/mol. The monoisotopic (exact) mass is 353 g/mol. The lowest BCUT2D eigenvalue weighted by Crippen LogP contribution is -2.33. The Morgan fingerprint density at radius 2 is 2.16 bits per heavy atom. The number of hydrogen-bond donors (Lipinski definition) is 0. The van der Waals surface area contributed by atoms with Gasteiger partial charge in [0, 0.05) is 31.5 Å². The number of halogens is 2. The average Bonchev–Trinajstić information content (AvgIpc) is 3.22. The second-order valence-corrected chi connectivity index (χ2v) is 6.39. The van der Waals surface area contributed by atoms with E-state index in [1.807, 2.05) is 26.8 Å². The van der Waals surface area contributed by atoms with Gasteiger partial charge in [-0.05, 0) is 19.9 Å². The van der Waals surface area contributed by atoms with Crippen LogP contribution in [0.1, 0.15) is 49.0 Å². The van der Waals surface area contributed by atoms with E-state index < -0.39 is 24.9 Å². The SMILES string of the molecule is CCc1nnc([C@@H]2CC(F)(F)CN2C(=O)CCn2nc(C)cc2C)o1. The number of rotatable bonds is 5. The highest BCUT2D eigenvalue weighted by Gasteiger charge is 2.49. The van der Waals surface area contributed by atoms with Crippen molar-refractivity contribution in [2.24, 2.45) is 0 Å². The normalized spacial score (nSPS) is 19.6. The number of likely N-dealkylation sites (tertiary alicyclic amines) is 1. The summed E-state index contributed by atoms with van der Waals surface area (Å²) in [6.45, 7) is 5.30. The summed E-state index contributed by atoms with van der Waals surface area (Å²) in [6.07, 6.45) is 0.106. The Morgan fingerprint density at radius 3 is 2.76 bits per heavy atom. The Kier molecular flexibility index (Phi) is 4.57. The molecule has 0 aliphatic carbocycles. The lowest BCUT2D eigenvalue weighted by atomic mass is 10.2. The minimum atomic E-state index is -2.96. The summed E-state index contributed by atoms with van der Waals surface area (Å²) in [5.41, 5.74) is 1.78. The van der Waals surface area contributed by atoms with Gasteiger partial charge in [-0.1, -0.05) is 6.92 Å². The molecule has 1 saturated heterocycles. The quantitative estimate of drug-likeness (QED) is 0.825. The fraction of sp³-hybridized carbons (Fsp3) is 0.625. The smallest absolute Gasteiger partial charge is 0.267 e. The molecule has 1 fully saturated rings. The van der Waals surface area contributed by atoms with E-state index in [-0.39, 0.29) is 18.2 Å². The van der Waals surface area contributed by atoms with Crippen molar-refractivity contribution in [2.45, 2.75) is 58.5 Å². The van der Waals surface area contributed by atoms with E-state index in [4.69, 9.17) is 4.42 Å². The molecule has 1 amide bonds. The molecule has 0 aromatic carbocycles. The topological polar surface area (TPSA) is 77.1 Å². The van der Waals surface area contributed by atoms with Gasteiger partial charge in [-0.25, -0.2) is 8.78 Å². The minimum absolute atomic E-state index is 0.0773. The van der Waals surface area contributed by atoms with Gasteiger partial charge in [-0.3, -0.25) is 9.48 Å². The molecule has 0 radical (unpaired) electrons. The highest BCUT2D eigenvalue weighted by molar-refractivity contribution is 5.77. The Morgan fingerprint density at radius 1 is 1.40 bits per heavy atom. The van der Waals surface area contributed by atoms with Gasteiger partial charge >= 0.3 is 0 Å². The molecule has 136 valence electrons. The molecular weight excluding hydrogens is 332 g/mol. The minimum Gasteiger partial charge on any atom is -0.423 e. The molecular formula is C16H21F2N5O2. The zero-order chi connectivity index (χ0) is 18.2. The van der Waals surface area contributed by atoms with Gasteiger partial charge in [0.25, 0.3) is 5.92 Å². The number of carbonyl (C=O) groups excluding carboxylic acids is 1. The molecule has 25 heavy (non-hydrogen) atoms. The van der Waals surface area contributed by atoms with E-state index in [1.54, 1.807) is 4.68 Å². The van der Waals surface area contributed by atoms with E-state index in [2.05, 4.69) is 15.3 Å². The van der Waals surface area contributed by atoms with Crippen LogP contribution in [0, 0.1) is 13.8 Å². The van der Waals surface area contributed by atoms with Crippen molar-refractivity contribution in [2.75, 3.05) is 6.54 Å². The second-order valence-electron chi connectivity index (χ2n) is 6.39. The number of nitrogens with zero attached hydrogens (tertiary/aromatic N) is 5. The first kappa shape index (κ1) is 17.5. The van der Waals surface area contributed by atoms with Crippen molar-refractivity contribution in [1.82, 2.24) is 24.9 Å². The van der Waals surface area contributed by atoms with E-state index in [0.29, 0.717) is 18.9 Å². The van der Waals surface area contributed by atoms with Crippen LogP contribution in [0.25, 0.3) is 0 Å². The summed E-state index contributed by atoms with van der Waals surface area (Å²) >= 11 is 0. The van der Waals surface area contributed by atoms with Gasteiger partial charge in [0.1, 0.15) is 6.04 Å². The molecule has 3 rings (SSSR count). The molecule has 9 heteroatoms. The number of aromatic nitrogens is 4. The summed E-state index contributed by atoms with van der Waals surface area (Å²) in [7, 11) is 0. The molecule has 3 heterocycles. The van der Waals surface area contributed by atoms with Crippen molar-refractivity contribution >= 4 is 5.91 Å². The van der Waals surface area contributed by atoms with Crippen LogP contribution in [0.3, 0.4) is 0 Å². The van der Waals surface area contributed by atoms with Crippen LogP contribution in [-0.4, -0.2) is 43.3 Å². The maximum Gasteiger partial charge on any atom is 0.267 e. The lowest BCUT2D eigenvalue weighted by Gasteiger charge is -2.21. The third kappa shape index (κ3) is 3.69. The number of alkyl halides is 2. The van der Waals surface area contributed by atoms with Gasteiger partial charge in [0.15, 0.2) is 0 Å². The van der Waals surface area contributed by atoms with E-state index in [0.717, 1.165) is 16.3 Å². The predicted octanol–water partition coefficient (Wildman–Crippen LogP) is 2.44. The first-order valence-corrected chi connectivity index (χ1v) is 8.29. The Bertz CT molecular complexity index is 770. The molecule has 0 spiro atoms. The Labute approximate surface area is 144 Å². The third-order valence-corrected chi connectivity index (χ3v) is 4.30. The summed E-state index contributed by atoms with van der Waals surface area (Å²) in [5.74, 6) is -2.88. The van der Waals surface area contributed by atoms with Crippen LogP contribution in [-0.2, 0) is 17.8 Å². The molecule has 1 atom stereocenters. The van der Waals surface area contributed by atoms with Crippen molar-refractivity contribution in [1.29, 1.82) is 0 Å². The van der Waals surface area contributed by atoms with Crippen molar-refractivity contribution < 1.29 is 18.0 Å². The highest BCUT2D eigenvalue weighted by Crippen LogP contribution is 2.40. The zero-order valence-electron chi connectivity index (χ0n) is 14.5. The molecule has 2 aromatic heterocycles. The Hall–Kier alpha value is -2.32. The zero-order valence-corrected chi connectivity index (χ0v) is 14.5. The van der Waals surface area contributed by atoms with Gasteiger partial charge in [0.05, 0.1) is 12.2 Å². The lowest BCUT2D eigenvalue weighted by molar-refractivity contribution is -0.134. The fourth-order valence-corrected chi connectivity index (χ4v) is 3.09. The number of aryl methyl sites for hydroxylation is 4. The van der Waals surface area contributed by atoms with Gasteiger partial charge in [-0.2, -0.15) is 5.10 Å². The first-order chi connectivity index (χ1) is 11.8. The average molecular weight is 353 g/mol. The summed E-state index contributed by atoms with van der Waals surface area (Å²) in [4.78, 5) is 13.7. The number of carbonyl (C=O) groups is 1. The van der Waals surface area contributed by atoms with Crippen molar-refractivity contribution in [3.63, 3.8) is 0 Å². The number of hydrogen-bond acceptors (Lipinski definition) is 5. The fourth-order valence-electron chi connectivity index (χ4n) is 3.09. The molecule has 0 bridgehead atoms.